The van der Waals surface area contributed by atoms with Crippen LogP contribution in [0.2, 0.25) is 0 Å². The third kappa shape index (κ3) is 4.88. The molecule has 0 aliphatic rings. The Labute approximate surface area is 180 Å². The molecule has 0 saturated heterocycles. The zero-order valence-corrected chi connectivity index (χ0v) is 18.6. The molecule has 7 nitrogen and oxygen atoms in total. The van der Waals surface area contributed by atoms with Crippen LogP contribution in [0.5, 0.6) is 5.75 Å². The lowest BCUT2D eigenvalue weighted by molar-refractivity contribution is -0.124. The largest absolute Gasteiger partial charge is 0.495 e. The number of nitrogens with one attached hydrogen (secondary N) is 2. The van der Waals surface area contributed by atoms with Gasteiger partial charge in [-0.2, -0.15) is 0 Å². The van der Waals surface area contributed by atoms with E-state index in [0.717, 1.165) is 33.2 Å². The highest BCUT2D eigenvalue weighted by Gasteiger charge is 2.16. The molecule has 0 radical (unpaired) electrons. The van der Waals surface area contributed by atoms with Gasteiger partial charge >= 0.3 is 0 Å². The Kier molecular flexibility index (Phi) is 6.56. The monoisotopic (exact) mass is 426 g/mol. The highest BCUT2D eigenvalue weighted by molar-refractivity contribution is 7.09. The molecule has 158 valence electrons. The van der Waals surface area contributed by atoms with E-state index >= 15 is 0 Å². The number of methoxy groups -OCH3 is 1. The summed E-state index contributed by atoms with van der Waals surface area (Å²) in [6, 6.07) is 7.56. The standard InChI is InChI=1S/C22H26N4O3S/c1-13-6-7-20(29-5)18(8-13)25-21(27)10-23-22(28)11-26-14(2)9-17(15(26)3)19-12-30-16(4)24-19/h6-9,12H,10-11H2,1-5H3,(H,23,28)(H,25,27). The number of amides is 2. The topological polar surface area (TPSA) is 85.3 Å². The maximum atomic E-state index is 12.5. The number of aryl methyl sites for hydroxylation is 3. The minimum absolute atomic E-state index is 0.118. The quantitative estimate of drug-likeness (QED) is 0.604. The number of hydrogen-bond donors (Lipinski definition) is 2. The molecule has 0 fully saturated rings. The van der Waals surface area contributed by atoms with E-state index in [4.69, 9.17) is 4.74 Å². The van der Waals surface area contributed by atoms with Gasteiger partial charge in [-0.25, -0.2) is 4.98 Å². The Hall–Kier alpha value is -3.13. The summed E-state index contributed by atoms with van der Waals surface area (Å²) in [4.78, 5) is 29.3. The van der Waals surface area contributed by atoms with E-state index in [9.17, 15) is 9.59 Å². The van der Waals surface area contributed by atoms with Crippen LogP contribution in [0.3, 0.4) is 0 Å². The van der Waals surface area contributed by atoms with E-state index in [-0.39, 0.29) is 24.9 Å². The molecule has 0 atom stereocenters. The minimum atomic E-state index is -0.313. The molecule has 2 aromatic heterocycles. The van der Waals surface area contributed by atoms with Crippen LogP contribution in [0.15, 0.2) is 29.6 Å². The Morgan fingerprint density at radius 2 is 1.90 bits per heavy atom. The molecule has 2 heterocycles. The van der Waals surface area contributed by atoms with E-state index < -0.39 is 0 Å². The Bertz CT molecular complexity index is 1080. The molecule has 0 bridgehead atoms. The molecule has 30 heavy (non-hydrogen) atoms. The van der Waals surface area contributed by atoms with Crippen molar-refractivity contribution in [2.75, 3.05) is 19.0 Å². The van der Waals surface area contributed by atoms with Gasteiger partial charge in [0.05, 0.1) is 30.0 Å². The lowest BCUT2D eigenvalue weighted by Gasteiger charge is -2.12. The molecular weight excluding hydrogens is 400 g/mol. The molecule has 2 N–H and O–H groups in total. The van der Waals surface area contributed by atoms with Crippen LogP contribution in [0.4, 0.5) is 5.69 Å². The van der Waals surface area contributed by atoms with E-state index in [1.807, 2.05) is 55.8 Å². The second-order valence-corrected chi connectivity index (χ2v) is 8.21. The number of nitrogens with zero attached hydrogens (tertiary/aromatic N) is 2. The van der Waals surface area contributed by atoms with Gasteiger partial charge < -0.3 is 19.9 Å². The van der Waals surface area contributed by atoms with Gasteiger partial charge in [-0.05, 0) is 51.5 Å². The van der Waals surface area contributed by atoms with Crippen LogP contribution in [-0.2, 0) is 16.1 Å². The first-order valence-electron chi connectivity index (χ1n) is 9.59. The fourth-order valence-electron chi connectivity index (χ4n) is 3.28. The van der Waals surface area contributed by atoms with Crippen molar-refractivity contribution in [2.24, 2.45) is 0 Å². The third-order valence-corrected chi connectivity index (χ3v) is 5.62. The van der Waals surface area contributed by atoms with Crippen molar-refractivity contribution in [2.45, 2.75) is 34.2 Å². The van der Waals surface area contributed by atoms with Crippen LogP contribution in [0, 0.1) is 27.7 Å². The molecule has 8 heteroatoms. The fourth-order valence-corrected chi connectivity index (χ4v) is 3.90. The summed E-state index contributed by atoms with van der Waals surface area (Å²) >= 11 is 1.60. The lowest BCUT2D eigenvalue weighted by Crippen LogP contribution is -2.35. The summed E-state index contributed by atoms with van der Waals surface area (Å²) in [7, 11) is 1.55. The first-order valence-corrected chi connectivity index (χ1v) is 10.5. The second kappa shape index (κ2) is 9.13. The molecule has 2 amide bonds. The van der Waals surface area contributed by atoms with Crippen molar-refractivity contribution in [3.8, 4) is 17.0 Å². The predicted octanol–water partition coefficient (Wildman–Crippen LogP) is 3.61. The van der Waals surface area contributed by atoms with Gasteiger partial charge in [-0.3, -0.25) is 9.59 Å². The molecular formula is C22H26N4O3S. The molecule has 0 aliphatic carbocycles. The highest BCUT2D eigenvalue weighted by Crippen LogP contribution is 2.28. The molecule has 1 aromatic carbocycles. The Morgan fingerprint density at radius 1 is 1.13 bits per heavy atom. The molecule has 0 spiro atoms. The van der Waals surface area contributed by atoms with Crippen molar-refractivity contribution in [1.82, 2.24) is 14.9 Å². The van der Waals surface area contributed by atoms with E-state index in [1.54, 1.807) is 24.5 Å². The molecule has 0 unspecified atom stereocenters. The van der Waals surface area contributed by atoms with Crippen molar-refractivity contribution in [3.63, 3.8) is 0 Å². The number of thiazole rings is 1. The van der Waals surface area contributed by atoms with Crippen LogP contribution >= 0.6 is 11.3 Å². The first-order chi connectivity index (χ1) is 14.3. The first kappa shape index (κ1) is 21.6. The van der Waals surface area contributed by atoms with Crippen molar-refractivity contribution < 1.29 is 14.3 Å². The summed E-state index contributed by atoms with van der Waals surface area (Å²) in [6.07, 6.45) is 0. The number of carbonyl (C=O) groups excluding carboxylic acids is 2. The van der Waals surface area contributed by atoms with Gasteiger partial charge in [0.15, 0.2) is 0 Å². The van der Waals surface area contributed by atoms with Crippen molar-refractivity contribution in [3.05, 3.63) is 51.6 Å². The van der Waals surface area contributed by atoms with Crippen LogP contribution in [0.1, 0.15) is 22.0 Å². The SMILES string of the molecule is COc1ccc(C)cc1NC(=O)CNC(=O)Cn1c(C)cc(-c2csc(C)n2)c1C. The molecule has 0 saturated carbocycles. The summed E-state index contributed by atoms with van der Waals surface area (Å²) < 4.78 is 7.19. The average Bonchev–Trinajstić information content (AvgIpc) is 3.24. The zero-order valence-electron chi connectivity index (χ0n) is 17.8. The Morgan fingerprint density at radius 3 is 2.57 bits per heavy atom. The maximum absolute atomic E-state index is 12.5. The second-order valence-electron chi connectivity index (χ2n) is 7.15. The number of ether oxygens (including phenoxy) is 1. The highest BCUT2D eigenvalue weighted by atomic mass is 32.1. The van der Waals surface area contributed by atoms with Crippen LogP contribution in [-0.4, -0.2) is 35.0 Å². The van der Waals surface area contributed by atoms with E-state index in [0.29, 0.717) is 11.4 Å². The number of carbonyl (C=O) groups is 2. The molecule has 3 rings (SSSR count). The smallest absolute Gasteiger partial charge is 0.243 e. The number of benzene rings is 1. The number of anilines is 1. The fraction of sp³-hybridized carbons (Fsp3) is 0.318. The van der Waals surface area contributed by atoms with Gasteiger partial charge in [0, 0.05) is 22.3 Å². The molecule has 3 aromatic rings. The normalized spacial score (nSPS) is 10.7. The Balaban J connectivity index is 1.61. The van der Waals surface area contributed by atoms with Crippen molar-refractivity contribution >= 4 is 28.8 Å². The molecule has 0 aliphatic heterocycles. The third-order valence-electron chi connectivity index (χ3n) is 4.85. The number of hydrogen-bond acceptors (Lipinski definition) is 5. The van der Waals surface area contributed by atoms with E-state index in [2.05, 4.69) is 15.6 Å². The summed E-state index contributed by atoms with van der Waals surface area (Å²) in [5.41, 5.74) is 5.47. The summed E-state index contributed by atoms with van der Waals surface area (Å²) in [5.74, 6) is 0.0275. The van der Waals surface area contributed by atoms with E-state index in [1.165, 1.54) is 0 Å². The maximum Gasteiger partial charge on any atom is 0.243 e. The summed E-state index contributed by atoms with van der Waals surface area (Å²) in [5, 5.41) is 8.49. The lowest BCUT2D eigenvalue weighted by atomic mass is 10.2. The van der Waals surface area contributed by atoms with Gasteiger partial charge in [-0.1, -0.05) is 6.07 Å². The predicted molar refractivity (Wildman–Crippen MR) is 119 cm³/mol. The number of aromatic nitrogens is 2. The van der Waals surface area contributed by atoms with Gasteiger partial charge in [0.2, 0.25) is 11.8 Å². The van der Waals surface area contributed by atoms with Crippen LogP contribution < -0.4 is 15.4 Å². The number of rotatable bonds is 7. The van der Waals surface area contributed by atoms with Crippen molar-refractivity contribution in [1.29, 1.82) is 0 Å². The van der Waals surface area contributed by atoms with Gasteiger partial charge in [-0.15, -0.1) is 11.3 Å². The van der Waals surface area contributed by atoms with Gasteiger partial charge in [0.25, 0.3) is 0 Å². The van der Waals surface area contributed by atoms with Crippen LogP contribution in [0.25, 0.3) is 11.3 Å². The van der Waals surface area contributed by atoms with Gasteiger partial charge in [0.1, 0.15) is 12.3 Å². The zero-order chi connectivity index (χ0) is 21.8. The average molecular weight is 427 g/mol. The minimum Gasteiger partial charge on any atom is -0.495 e. The summed E-state index contributed by atoms with van der Waals surface area (Å²) in [6.45, 7) is 7.86.